The SMILES string of the molecule is CC[C@H](NC1CSC1)C(F)(F)F. The summed E-state index contributed by atoms with van der Waals surface area (Å²) in [4.78, 5) is 0. The number of nitrogens with one attached hydrogen (secondary N) is 1. The van der Waals surface area contributed by atoms with Gasteiger partial charge in [0, 0.05) is 17.5 Å². The maximum atomic E-state index is 12.2. The molecule has 1 N–H and O–H groups in total. The summed E-state index contributed by atoms with van der Waals surface area (Å²) in [5.41, 5.74) is 0. The van der Waals surface area contributed by atoms with Gasteiger partial charge < -0.3 is 5.32 Å². The summed E-state index contributed by atoms with van der Waals surface area (Å²) in [7, 11) is 0. The Bertz CT molecular complexity index is 144. The number of hydrogen-bond donors (Lipinski definition) is 1. The third kappa shape index (κ3) is 2.55. The zero-order valence-corrected chi connectivity index (χ0v) is 7.63. The molecular weight excluding hydrogens is 187 g/mol. The van der Waals surface area contributed by atoms with Crippen molar-refractivity contribution >= 4 is 11.8 Å². The molecule has 1 aliphatic rings. The Morgan fingerprint density at radius 2 is 2.08 bits per heavy atom. The lowest BCUT2D eigenvalue weighted by Crippen LogP contribution is -2.51. The molecule has 1 atom stereocenters. The molecule has 1 rings (SSSR count). The van der Waals surface area contributed by atoms with E-state index in [0.29, 0.717) is 0 Å². The molecule has 0 aromatic rings. The van der Waals surface area contributed by atoms with Crippen LogP contribution in [0.2, 0.25) is 0 Å². The minimum atomic E-state index is -4.09. The van der Waals surface area contributed by atoms with E-state index in [4.69, 9.17) is 0 Å². The van der Waals surface area contributed by atoms with Gasteiger partial charge in [-0.2, -0.15) is 24.9 Å². The molecule has 0 aliphatic carbocycles. The molecule has 12 heavy (non-hydrogen) atoms. The van der Waals surface area contributed by atoms with Crippen LogP contribution >= 0.6 is 11.8 Å². The normalized spacial score (nSPS) is 22.0. The van der Waals surface area contributed by atoms with Gasteiger partial charge in [-0.05, 0) is 6.42 Å². The Morgan fingerprint density at radius 1 is 1.50 bits per heavy atom. The average Bonchev–Trinajstić information content (AvgIpc) is 1.82. The Hall–Kier alpha value is 0.100. The van der Waals surface area contributed by atoms with Crippen molar-refractivity contribution in [3.05, 3.63) is 0 Å². The van der Waals surface area contributed by atoms with Gasteiger partial charge in [0.1, 0.15) is 6.04 Å². The van der Waals surface area contributed by atoms with E-state index in [1.54, 1.807) is 18.7 Å². The third-order valence-corrected chi connectivity index (χ3v) is 3.15. The van der Waals surface area contributed by atoms with Crippen LogP contribution in [-0.4, -0.2) is 29.8 Å². The van der Waals surface area contributed by atoms with Gasteiger partial charge in [0.2, 0.25) is 0 Å². The molecule has 1 nitrogen and oxygen atoms in total. The fourth-order valence-corrected chi connectivity index (χ4v) is 1.72. The van der Waals surface area contributed by atoms with Gasteiger partial charge in [-0.25, -0.2) is 0 Å². The summed E-state index contributed by atoms with van der Waals surface area (Å²) in [5.74, 6) is 1.62. The van der Waals surface area contributed by atoms with E-state index < -0.39 is 12.2 Å². The minimum Gasteiger partial charge on any atom is -0.302 e. The zero-order valence-electron chi connectivity index (χ0n) is 6.82. The first-order valence-electron chi connectivity index (χ1n) is 3.94. The van der Waals surface area contributed by atoms with Crippen LogP contribution in [0.5, 0.6) is 0 Å². The van der Waals surface area contributed by atoms with Crippen LogP contribution in [0.25, 0.3) is 0 Å². The Morgan fingerprint density at radius 3 is 2.33 bits per heavy atom. The van der Waals surface area contributed by atoms with Crippen molar-refractivity contribution in [2.24, 2.45) is 0 Å². The van der Waals surface area contributed by atoms with E-state index in [9.17, 15) is 13.2 Å². The molecule has 0 spiro atoms. The first-order valence-corrected chi connectivity index (χ1v) is 5.10. The van der Waals surface area contributed by atoms with Crippen LogP contribution in [0.4, 0.5) is 13.2 Å². The maximum Gasteiger partial charge on any atom is 0.403 e. The predicted molar refractivity (Wildman–Crippen MR) is 44.4 cm³/mol. The standard InChI is InChI=1S/C7H12F3NS/c1-2-6(7(8,9)10)11-5-3-12-4-5/h5-6,11H,2-4H2,1H3/t6-/m0/s1. The van der Waals surface area contributed by atoms with Gasteiger partial charge in [0.15, 0.2) is 0 Å². The first-order chi connectivity index (χ1) is 5.54. The lowest BCUT2D eigenvalue weighted by atomic mass is 10.2. The predicted octanol–water partition coefficient (Wildman–Crippen LogP) is 2.03. The fourth-order valence-electron chi connectivity index (χ4n) is 1.06. The van der Waals surface area contributed by atoms with Gasteiger partial charge >= 0.3 is 6.18 Å². The number of halogens is 3. The van der Waals surface area contributed by atoms with Crippen LogP contribution < -0.4 is 5.32 Å². The van der Waals surface area contributed by atoms with E-state index >= 15 is 0 Å². The van der Waals surface area contributed by atoms with Gasteiger partial charge in [0.05, 0.1) is 0 Å². The van der Waals surface area contributed by atoms with Crippen molar-refractivity contribution in [1.82, 2.24) is 5.32 Å². The van der Waals surface area contributed by atoms with Crippen molar-refractivity contribution in [2.45, 2.75) is 31.6 Å². The summed E-state index contributed by atoms with van der Waals surface area (Å²) >= 11 is 1.68. The van der Waals surface area contributed by atoms with Gasteiger partial charge in [0.25, 0.3) is 0 Å². The zero-order chi connectivity index (χ0) is 9.19. The lowest BCUT2D eigenvalue weighted by molar-refractivity contribution is -0.157. The Balaban J connectivity index is 2.34. The van der Waals surface area contributed by atoms with Crippen LogP contribution in [-0.2, 0) is 0 Å². The molecule has 5 heteroatoms. The monoisotopic (exact) mass is 199 g/mol. The number of alkyl halides is 3. The van der Waals surface area contributed by atoms with E-state index in [-0.39, 0.29) is 12.5 Å². The van der Waals surface area contributed by atoms with E-state index in [1.165, 1.54) is 0 Å². The molecule has 1 fully saturated rings. The summed E-state index contributed by atoms with van der Waals surface area (Å²) in [5, 5.41) is 2.60. The third-order valence-electron chi connectivity index (χ3n) is 1.88. The van der Waals surface area contributed by atoms with Gasteiger partial charge in [-0.1, -0.05) is 6.92 Å². The van der Waals surface area contributed by atoms with Gasteiger partial charge in [-0.3, -0.25) is 0 Å². The van der Waals surface area contributed by atoms with Crippen molar-refractivity contribution < 1.29 is 13.2 Å². The highest BCUT2D eigenvalue weighted by molar-refractivity contribution is 8.00. The molecule has 0 amide bonds. The lowest BCUT2D eigenvalue weighted by Gasteiger charge is -2.31. The Labute approximate surface area is 74.1 Å². The molecule has 1 heterocycles. The van der Waals surface area contributed by atoms with Crippen molar-refractivity contribution in [3.63, 3.8) is 0 Å². The number of hydrogen-bond acceptors (Lipinski definition) is 2. The topological polar surface area (TPSA) is 12.0 Å². The maximum absolute atomic E-state index is 12.2. The molecule has 0 bridgehead atoms. The first kappa shape index (κ1) is 10.2. The van der Waals surface area contributed by atoms with Crippen molar-refractivity contribution in [2.75, 3.05) is 11.5 Å². The highest BCUT2D eigenvalue weighted by Gasteiger charge is 2.40. The molecule has 0 unspecified atom stereocenters. The molecule has 1 aliphatic heterocycles. The summed E-state index contributed by atoms with van der Waals surface area (Å²) in [6.45, 7) is 1.55. The van der Waals surface area contributed by atoms with E-state index in [0.717, 1.165) is 11.5 Å². The van der Waals surface area contributed by atoms with E-state index in [1.807, 2.05) is 0 Å². The van der Waals surface area contributed by atoms with Crippen LogP contribution in [0, 0.1) is 0 Å². The second kappa shape index (κ2) is 3.87. The molecular formula is C7H12F3NS. The molecule has 72 valence electrons. The van der Waals surface area contributed by atoms with Crippen LogP contribution in [0.3, 0.4) is 0 Å². The minimum absolute atomic E-state index is 0.0709. The number of rotatable bonds is 3. The fraction of sp³-hybridized carbons (Fsp3) is 1.00. The average molecular weight is 199 g/mol. The highest BCUT2D eigenvalue weighted by atomic mass is 32.2. The molecule has 0 aromatic heterocycles. The molecule has 0 radical (unpaired) electrons. The second-order valence-electron chi connectivity index (χ2n) is 2.90. The van der Waals surface area contributed by atoms with E-state index in [2.05, 4.69) is 5.32 Å². The van der Waals surface area contributed by atoms with Crippen LogP contribution in [0.1, 0.15) is 13.3 Å². The molecule has 1 saturated heterocycles. The summed E-state index contributed by atoms with van der Waals surface area (Å²) in [6.07, 6.45) is -3.97. The van der Waals surface area contributed by atoms with Crippen LogP contribution in [0.15, 0.2) is 0 Å². The number of thioether (sulfide) groups is 1. The smallest absolute Gasteiger partial charge is 0.302 e. The van der Waals surface area contributed by atoms with Crippen molar-refractivity contribution in [1.29, 1.82) is 0 Å². The summed E-state index contributed by atoms with van der Waals surface area (Å²) < 4.78 is 36.5. The summed E-state index contributed by atoms with van der Waals surface area (Å²) in [6, 6.07) is -1.25. The van der Waals surface area contributed by atoms with Gasteiger partial charge in [-0.15, -0.1) is 0 Å². The molecule has 0 aromatic carbocycles. The largest absolute Gasteiger partial charge is 0.403 e. The second-order valence-corrected chi connectivity index (χ2v) is 3.98. The van der Waals surface area contributed by atoms with Crippen molar-refractivity contribution in [3.8, 4) is 0 Å². The quantitative estimate of drug-likeness (QED) is 0.746. The Kier molecular flexibility index (Phi) is 3.29. The highest BCUT2D eigenvalue weighted by Crippen LogP contribution is 2.25. The molecule has 0 saturated carbocycles.